The number of allylic oxidation sites excluding steroid dienone is 1. The smallest absolute Gasteiger partial charge is 0.269 e. The van der Waals surface area contributed by atoms with Crippen LogP contribution in [0, 0.1) is 21.4 Å². The van der Waals surface area contributed by atoms with Gasteiger partial charge in [0, 0.05) is 22.2 Å². The third-order valence-electron chi connectivity index (χ3n) is 3.08. The van der Waals surface area contributed by atoms with E-state index in [0.29, 0.717) is 23.5 Å². The molecule has 0 heterocycles. The lowest BCUT2D eigenvalue weighted by molar-refractivity contribution is -0.384. The van der Waals surface area contributed by atoms with E-state index >= 15 is 0 Å². The summed E-state index contributed by atoms with van der Waals surface area (Å²) in [6, 6.07) is 13.5. The Kier molecular flexibility index (Phi) is 5.50. The average molecular weight is 373 g/mol. The van der Waals surface area contributed by atoms with Crippen molar-refractivity contribution in [1.29, 1.82) is 5.26 Å². The van der Waals surface area contributed by atoms with Gasteiger partial charge in [0.25, 0.3) is 5.69 Å². The molecule has 23 heavy (non-hydrogen) atoms. The highest BCUT2D eigenvalue weighted by Gasteiger charge is 2.09. The monoisotopic (exact) mass is 372 g/mol. The maximum atomic E-state index is 10.7. The Morgan fingerprint density at radius 1 is 1.35 bits per heavy atom. The zero-order valence-electron chi connectivity index (χ0n) is 12.3. The number of nitro groups is 1. The molecule has 0 aliphatic carbocycles. The second-order valence-corrected chi connectivity index (χ2v) is 5.50. The molecule has 0 aliphatic heterocycles. The first-order valence-corrected chi connectivity index (χ1v) is 7.63. The van der Waals surface area contributed by atoms with Gasteiger partial charge in [-0.1, -0.05) is 15.9 Å². The Morgan fingerprint density at radius 2 is 2.04 bits per heavy atom. The van der Waals surface area contributed by atoms with Crippen molar-refractivity contribution >= 4 is 33.3 Å². The maximum absolute atomic E-state index is 10.7. The number of rotatable bonds is 5. The van der Waals surface area contributed by atoms with Gasteiger partial charge in [-0.3, -0.25) is 10.1 Å². The van der Waals surface area contributed by atoms with Gasteiger partial charge >= 0.3 is 0 Å². The fourth-order valence-corrected chi connectivity index (χ4v) is 2.40. The largest absolute Gasteiger partial charge is 0.493 e. The molecule has 0 spiro atoms. The molecule has 0 fully saturated rings. The van der Waals surface area contributed by atoms with Crippen molar-refractivity contribution < 1.29 is 9.66 Å². The molecule has 6 heteroatoms. The van der Waals surface area contributed by atoms with Crippen molar-refractivity contribution in [3.05, 3.63) is 68.2 Å². The number of nitriles is 1. The Morgan fingerprint density at radius 3 is 2.61 bits per heavy atom. The zero-order chi connectivity index (χ0) is 16.8. The van der Waals surface area contributed by atoms with Crippen molar-refractivity contribution in [1.82, 2.24) is 0 Å². The lowest BCUT2D eigenvalue weighted by atomic mass is 10.0. The second-order valence-electron chi connectivity index (χ2n) is 4.59. The summed E-state index contributed by atoms with van der Waals surface area (Å²) in [5, 5.41) is 20.1. The summed E-state index contributed by atoms with van der Waals surface area (Å²) >= 11 is 3.40. The lowest BCUT2D eigenvalue weighted by Crippen LogP contribution is -1.94. The summed E-state index contributed by atoms with van der Waals surface area (Å²) < 4.78 is 6.43. The standard InChI is InChI=1S/C17H13BrN2O3/c1-2-23-17-8-5-15(18)10-13(17)9-14(11-19)12-3-6-16(7-4-12)20(21)22/h3-10H,2H2,1H3. The van der Waals surface area contributed by atoms with Crippen LogP contribution in [0.3, 0.4) is 0 Å². The van der Waals surface area contributed by atoms with Crippen LogP contribution in [0.15, 0.2) is 46.9 Å². The van der Waals surface area contributed by atoms with Crippen molar-refractivity contribution in [3.8, 4) is 11.8 Å². The topological polar surface area (TPSA) is 76.2 Å². The van der Waals surface area contributed by atoms with E-state index < -0.39 is 4.92 Å². The van der Waals surface area contributed by atoms with Gasteiger partial charge in [0.2, 0.25) is 0 Å². The highest BCUT2D eigenvalue weighted by atomic mass is 79.9. The normalized spacial score (nSPS) is 10.9. The van der Waals surface area contributed by atoms with Gasteiger partial charge in [0.05, 0.1) is 23.2 Å². The highest BCUT2D eigenvalue weighted by molar-refractivity contribution is 9.10. The van der Waals surface area contributed by atoms with Gasteiger partial charge in [0.1, 0.15) is 5.75 Å². The molecule has 0 radical (unpaired) electrons. The maximum Gasteiger partial charge on any atom is 0.269 e. The third-order valence-corrected chi connectivity index (χ3v) is 3.57. The van der Waals surface area contributed by atoms with E-state index in [2.05, 4.69) is 22.0 Å². The molecule has 2 rings (SSSR count). The average Bonchev–Trinajstić information content (AvgIpc) is 2.55. The van der Waals surface area contributed by atoms with E-state index in [9.17, 15) is 15.4 Å². The Hall–Kier alpha value is -2.65. The van der Waals surface area contributed by atoms with Gasteiger partial charge in [-0.25, -0.2) is 0 Å². The van der Waals surface area contributed by atoms with Crippen LogP contribution in [0.4, 0.5) is 5.69 Å². The first kappa shape index (κ1) is 16.7. The van der Waals surface area contributed by atoms with Crippen molar-refractivity contribution in [2.75, 3.05) is 6.61 Å². The minimum atomic E-state index is -0.471. The molecule has 0 atom stereocenters. The molecule has 0 aliphatic rings. The quantitative estimate of drug-likeness (QED) is 0.326. The fourth-order valence-electron chi connectivity index (χ4n) is 2.02. The highest BCUT2D eigenvalue weighted by Crippen LogP contribution is 2.28. The summed E-state index contributed by atoms with van der Waals surface area (Å²) in [5.74, 6) is 0.672. The SMILES string of the molecule is CCOc1ccc(Br)cc1C=C(C#N)c1ccc([N+](=O)[O-])cc1. The van der Waals surface area contributed by atoms with E-state index in [0.717, 1.165) is 10.0 Å². The molecular weight excluding hydrogens is 360 g/mol. The van der Waals surface area contributed by atoms with Gasteiger partial charge in [-0.05, 0) is 48.9 Å². The summed E-state index contributed by atoms with van der Waals surface area (Å²) in [6.45, 7) is 2.40. The number of hydrogen-bond donors (Lipinski definition) is 0. The van der Waals surface area contributed by atoms with Gasteiger partial charge in [0.15, 0.2) is 0 Å². The van der Waals surface area contributed by atoms with Crippen molar-refractivity contribution in [2.24, 2.45) is 0 Å². The van der Waals surface area contributed by atoms with E-state index in [1.807, 2.05) is 25.1 Å². The van der Waals surface area contributed by atoms with Crippen LogP contribution in [0.1, 0.15) is 18.1 Å². The van der Waals surface area contributed by atoms with Gasteiger partial charge in [-0.15, -0.1) is 0 Å². The number of nitro benzene ring substituents is 1. The molecule has 0 aromatic heterocycles. The number of ether oxygens (including phenoxy) is 1. The summed E-state index contributed by atoms with van der Waals surface area (Å²) in [5.41, 5.74) is 1.76. The molecule has 2 aromatic carbocycles. The number of halogens is 1. The van der Waals surface area contributed by atoms with E-state index in [1.165, 1.54) is 12.1 Å². The van der Waals surface area contributed by atoms with Crippen molar-refractivity contribution in [3.63, 3.8) is 0 Å². The minimum absolute atomic E-state index is 0.0106. The third kappa shape index (κ3) is 4.18. The first-order chi connectivity index (χ1) is 11.0. The Labute approximate surface area is 142 Å². The number of hydrogen-bond acceptors (Lipinski definition) is 4. The van der Waals surface area contributed by atoms with Crippen LogP contribution in [-0.2, 0) is 0 Å². The molecule has 0 amide bonds. The number of nitrogens with zero attached hydrogens (tertiary/aromatic N) is 2. The predicted molar refractivity (Wildman–Crippen MR) is 91.9 cm³/mol. The van der Waals surface area contributed by atoms with Crippen LogP contribution in [0.25, 0.3) is 11.6 Å². The molecule has 0 bridgehead atoms. The Balaban J connectivity index is 2.45. The molecular formula is C17H13BrN2O3. The minimum Gasteiger partial charge on any atom is -0.493 e. The van der Waals surface area contributed by atoms with Crippen LogP contribution in [0.5, 0.6) is 5.75 Å². The summed E-state index contributed by atoms with van der Waals surface area (Å²) in [7, 11) is 0. The first-order valence-electron chi connectivity index (χ1n) is 6.84. The van der Waals surface area contributed by atoms with Gasteiger partial charge < -0.3 is 4.74 Å². The summed E-state index contributed by atoms with van der Waals surface area (Å²) in [4.78, 5) is 10.2. The molecule has 0 unspecified atom stereocenters. The van der Waals surface area contributed by atoms with Crippen LogP contribution >= 0.6 is 15.9 Å². The second kappa shape index (κ2) is 7.56. The van der Waals surface area contributed by atoms with Crippen LogP contribution in [-0.4, -0.2) is 11.5 Å². The molecule has 5 nitrogen and oxygen atoms in total. The molecule has 2 aromatic rings. The molecule has 0 N–H and O–H groups in total. The molecule has 116 valence electrons. The summed E-state index contributed by atoms with van der Waals surface area (Å²) in [6.07, 6.45) is 1.71. The van der Waals surface area contributed by atoms with Gasteiger partial charge in [-0.2, -0.15) is 5.26 Å². The fraction of sp³-hybridized carbons (Fsp3) is 0.118. The van der Waals surface area contributed by atoms with E-state index in [4.69, 9.17) is 4.74 Å². The number of non-ortho nitro benzene ring substituents is 1. The Bertz CT molecular complexity index is 792. The zero-order valence-corrected chi connectivity index (χ0v) is 13.9. The molecule has 0 saturated heterocycles. The van der Waals surface area contributed by atoms with E-state index in [-0.39, 0.29) is 5.69 Å². The van der Waals surface area contributed by atoms with Crippen LogP contribution < -0.4 is 4.74 Å². The molecule has 0 saturated carbocycles. The van der Waals surface area contributed by atoms with Crippen molar-refractivity contribution in [2.45, 2.75) is 6.92 Å². The van der Waals surface area contributed by atoms with Crippen LogP contribution in [0.2, 0.25) is 0 Å². The lowest BCUT2D eigenvalue weighted by Gasteiger charge is -2.08. The number of benzene rings is 2. The van der Waals surface area contributed by atoms with E-state index in [1.54, 1.807) is 18.2 Å². The predicted octanol–water partition coefficient (Wildman–Crippen LogP) is 4.82.